The van der Waals surface area contributed by atoms with Crippen LogP contribution in [-0.2, 0) is 11.6 Å². The number of alkyl halides is 4. The Labute approximate surface area is 109 Å². The van der Waals surface area contributed by atoms with Gasteiger partial charge < -0.3 is 0 Å². The van der Waals surface area contributed by atoms with E-state index in [0.717, 1.165) is 24.3 Å². The lowest BCUT2D eigenvalue weighted by Gasteiger charge is -2.22. The fraction of sp³-hybridized carbons (Fsp3) is 0.143. The summed E-state index contributed by atoms with van der Waals surface area (Å²) in [6.07, 6.45) is 0. The molecule has 98 valence electrons. The highest BCUT2D eigenvalue weighted by Crippen LogP contribution is 2.36. The zero-order chi connectivity index (χ0) is 13.9. The average Bonchev–Trinajstić information content (AvgIpc) is 2.40. The lowest BCUT2D eigenvalue weighted by Crippen LogP contribution is -2.36. The Kier molecular flexibility index (Phi) is 3.65. The van der Waals surface area contributed by atoms with Crippen LogP contribution >= 0.6 is 0 Å². The first-order chi connectivity index (χ1) is 8.92. The highest BCUT2D eigenvalue weighted by molar-refractivity contribution is 6.41. The molecule has 0 saturated heterocycles. The number of hydrogen-bond acceptors (Lipinski definition) is 0. The van der Waals surface area contributed by atoms with E-state index in [0.29, 0.717) is 0 Å². The van der Waals surface area contributed by atoms with Crippen molar-refractivity contribution in [2.75, 3.05) is 0 Å². The lowest BCUT2D eigenvalue weighted by molar-refractivity contribution is 0.0363. The summed E-state index contributed by atoms with van der Waals surface area (Å²) in [5.41, 5.74) is -0.795. The first-order valence-corrected chi connectivity index (χ1v) is 5.78. The Morgan fingerprint density at radius 1 is 0.579 bits per heavy atom. The van der Waals surface area contributed by atoms with Crippen molar-refractivity contribution in [1.29, 1.82) is 0 Å². The number of rotatable bonds is 4. The Morgan fingerprint density at radius 3 is 1.21 bits per heavy atom. The summed E-state index contributed by atoms with van der Waals surface area (Å²) >= 11 is 0. The molecule has 0 aliphatic rings. The van der Waals surface area contributed by atoms with Crippen molar-refractivity contribution >= 4 is 7.28 Å². The largest absolute Gasteiger partial charge is 0.309 e. The van der Waals surface area contributed by atoms with Crippen LogP contribution in [0.4, 0.5) is 17.6 Å². The van der Waals surface area contributed by atoms with Gasteiger partial charge in [-0.15, -0.1) is 0 Å². The molecular weight excluding hydrogens is 255 g/mol. The molecule has 19 heavy (non-hydrogen) atoms. The second-order valence-corrected chi connectivity index (χ2v) is 4.32. The second kappa shape index (κ2) is 5.07. The van der Waals surface area contributed by atoms with Crippen molar-refractivity contribution in [3.63, 3.8) is 0 Å². The van der Waals surface area contributed by atoms with Crippen molar-refractivity contribution in [2.45, 2.75) is 11.6 Å². The molecule has 0 amide bonds. The van der Waals surface area contributed by atoms with Gasteiger partial charge in [0.1, 0.15) is 0 Å². The molecule has 0 nitrogen and oxygen atoms in total. The summed E-state index contributed by atoms with van der Waals surface area (Å²) in [6.45, 7) is 0. The van der Waals surface area contributed by atoms with Gasteiger partial charge in [-0.05, 0) is 0 Å². The van der Waals surface area contributed by atoms with Crippen LogP contribution in [0.25, 0.3) is 0 Å². The Bertz CT molecular complexity index is 476. The van der Waals surface area contributed by atoms with E-state index in [2.05, 4.69) is 0 Å². The standard InChI is InChI=1S/C14H11BF4/c16-13(17,11-7-3-1-4-8-11)15-14(18,19)12-9-5-2-6-10-12/h1-10,15H. The fourth-order valence-electron chi connectivity index (χ4n) is 1.85. The molecule has 5 heteroatoms. The van der Waals surface area contributed by atoms with E-state index in [1.54, 1.807) is 12.1 Å². The molecule has 0 bridgehead atoms. The van der Waals surface area contributed by atoms with E-state index < -0.39 is 30.1 Å². The number of hydrogen-bond donors (Lipinski definition) is 0. The molecule has 0 fully saturated rings. The summed E-state index contributed by atoms with van der Waals surface area (Å²) < 4.78 is 55.4. The molecule has 0 spiro atoms. The molecule has 0 saturated carbocycles. The predicted octanol–water partition coefficient (Wildman–Crippen LogP) is 3.92. The SMILES string of the molecule is FC(F)(BC(F)(F)c1ccccc1)c1ccccc1. The first kappa shape index (κ1) is 13.7. The molecule has 0 radical (unpaired) electrons. The van der Waals surface area contributed by atoms with Crippen LogP contribution in [0.2, 0.25) is 0 Å². The van der Waals surface area contributed by atoms with Gasteiger partial charge in [0.2, 0.25) is 11.6 Å². The quantitative estimate of drug-likeness (QED) is 0.581. The van der Waals surface area contributed by atoms with Crippen molar-refractivity contribution in [2.24, 2.45) is 0 Å². The Hall–Kier alpha value is -1.78. The molecule has 2 aromatic carbocycles. The van der Waals surface area contributed by atoms with Gasteiger partial charge >= 0.3 is 7.28 Å². The van der Waals surface area contributed by atoms with Crippen LogP contribution in [0.1, 0.15) is 11.1 Å². The van der Waals surface area contributed by atoms with E-state index >= 15 is 0 Å². The van der Waals surface area contributed by atoms with Gasteiger partial charge in [0, 0.05) is 11.1 Å². The fourth-order valence-corrected chi connectivity index (χ4v) is 1.85. The highest BCUT2D eigenvalue weighted by atomic mass is 19.3. The van der Waals surface area contributed by atoms with Crippen LogP contribution in [0, 0.1) is 0 Å². The van der Waals surface area contributed by atoms with Crippen molar-refractivity contribution in [1.82, 2.24) is 0 Å². The molecule has 0 unspecified atom stereocenters. The molecule has 2 aromatic rings. The summed E-state index contributed by atoms with van der Waals surface area (Å²) in [7, 11) is -1.53. The van der Waals surface area contributed by atoms with Crippen molar-refractivity contribution in [3.8, 4) is 0 Å². The van der Waals surface area contributed by atoms with Gasteiger partial charge in [-0.3, -0.25) is 0 Å². The zero-order valence-corrected chi connectivity index (χ0v) is 9.99. The van der Waals surface area contributed by atoms with E-state index in [-0.39, 0.29) is 0 Å². The van der Waals surface area contributed by atoms with E-state index in [4.69, 9.17) is 0 Å². The summed E-state index contributed by atoms with van der Waals surface area (Å²) in [4.78, 5) is 0. The second-order valence-electron chi connectivity index (χ2n) is 4.32. The molecule has 0 aliphatic heterocycles. The van der Waals surface area contributed by atoms with Crippen LogP contribution in [0.15, 0.2) is 60.7 Å². The number of benzene rings is 2. The molecule has 2 rings (SSSR count). The normalized spacial score (nSPS) is 12.2. The van der Waals surface area contributed by atoms with Gasteiger partial charge in [-0.1, -0.05) is 60.7 Å². The minimum Gasteiger partial charge on any atom is -0.212 e. The minimum absolute atomic E-state index is 0.398. The van der Waals surface area contributed by atoms with Crippen LogP contribution in [0.5, 0.6) is 0 Å². The van der Waals surface area contributed by atoms with E-state index in [1.165, 1.54) is 24.3 Å². The Morgan fingerprint density at radius 2 is 0.895 bits per heavy atom. The van der Waals surface area contributed by atoms with Gasteiger partial charge in [-0.25, -0.2) is 17.6 Å². The third-order valence-corrected chi connectivity index (χ3v) is 2.84. The van der Waals surface area contributed by atoms with Crippen molar-refractivity contribution in [3.05, 3.63) is 71.8 Å². The van der Waals surface area contributed by atoms with Crippen LogP contribution < -0.4 is 0 Å². The monoisotopic (exact) mass is 266 g/mol. The first-order valence-electron chi connectivity index (χ1n) is 5.78. The maximum absolute atomic E-state index is 13.9. The van der Waals surface area contributed by atoms with Crippen molar-refractivity contribution < 1.29 is 17.6 Å². The van der Waals surface area contributed by atoms with Gasteiger partial charge in [0.25, 0.3) is 0 Å². The maximum atomic E-state index is 13.9. The average molecular weight is 266 g/mol. The number of halogens is 4. The molecule has 0 N–H and O–H groups in total. The van der Waals surface area contributed by atoms with Gasteiger partial charge in [0.15, 0.2) is 0 Å². The molecule has 0 heterocycles. The summed E-state index contributed by atoms with van der Waals surface area (Å²) in [5.74, 6) is -7.14. The Balaban J connectivity index is 2.25. The minimum atomic E-state index is -3.57. The van der Waals surface area contributed by atoms with Gasteiger partial charge in [-0.2, -0.15) is 0 Å². The van der Waals surface area contributed by atoms with E-state index in [9.17, 15) is 17.6 Å². The van der Waals surface area contributed by atoms with Crippen LogP contribution in [0.3, 0.4) is 0 Å². The summed E-state index contributed by atoms with van der Waals surface area (Å²) in [5, 5.41) is 0. The third-order valence-electron chi connectivity index (χ3n) is 2.84. The third kappa shape index (κ3) is 3.16. The maximum Gasteiger partial charge on any atom is 0.309 e. The molecular formula is C14H11BF4. The van der Waals surface area contributed by atoms with Gasteiger partial charge in [0.05, 0.1) is 0 Å². The topological polar surface area (TPSA) is 0 Å². The molecule has 0 aliphatic carbocycles. The smallest absolute Gasteiger partial charge is 0.212 e. The summed E-state index contributed by atoms with van der Waals surface area (Å²) in [6, 6.07) is 13.4. The molecule has 0 aromatic heterocycles. The molecule has 0 atom stereocenters. The van der Waals surface area contributed by atoms with E-state index in [1.807, 2.05) is 0 Å². The lowest BCUT2D eigenvalue weighted by atomic mass is 9.59. The zero-order valence-electron chi connectivity index (χ0n) is 9.99. The highest BCUT2D eigenvalue weighted by Gasteiger charge is 2.47. The predicted molar refractivity (Wildman–Crippen MR) is 67.8 cm³/mol. The van der Waals surface area contributed by atoms with Crippen LogP contribution in [-0.4, -0.2) is 7.28 Å².